The van der Waals surface area contributed by atoms with Crippen molar-refractivity contribution in [1.82, 2.24) is 5.32 Å². The lowest BCUT2D eigenvalue weighted by atomic mass is 9.89. The lowest BCUT2D eigenvalue weighted by molar-refractivity contribution is -0.123. The van der Waals surface area contributed by atoms with E-state index in [-0.39, 0.29) is 23.8 Å². The topological polar surface area (TPSA) is 84.2 Å². The molecule has 4 rings (SSSR count). The van der Waals surface area contributed by atoms with E-state index in [9.17, 15) is 9.59 Å². The van der Waals surface area contributed by atoms with E-state index < -0.39 is 0 Å². The number of rotatable bonds is 6. The van der Waals surface area contributed by atoms with Crippen molar-refractivity contribution >= 4 is 28.3 Å². The highest BCUT2D eigenvalue weighted by Gasteiger charge is 2.26. The zero-order chi connectivity index (χ0) is 20.2. The number of amides is 2. The number of hydrogen-bond donors (Lipinski definition) is 3. The first kappa shape index (κ1) is 19.2. The average molecular weight is 387 g/mol. The van der Waals surface area contributed by atoms with Crippen molar-refractivity contribution in [1.29, 1.82) is 0 Å². The molecule has 1 heterocycles. The molecule has 148 valence electrons. The molecule has 5 heteroatoms. The zero-order valence-electron chi connectivity index (χ0n) is 16.2. The Morgan fingerprint density at radius 3 is 2.66 bits per heavy atom. The van der Waals surface area contributed by atoms with Gasteiger partial charge in [-0.25, -0.2) is 0 Å². The second-order valence-corrected chi connectivity index (χ2v) is 7.55. The lowest BCUT2D eigenvalue weighted by Gasteiger charge is -2.24. The summed E-state index contributed by atoms with van der Waals surface area (Å²) >= 11 is 0. The maximum absolute atomic E-state index is 12.5. The van der Waals surface area contributed by atoms with Gasteiger partial charge < -0.3 is 16.4 Å². The molecule has 2 atom stereocenters. The first-order valence-corrected chi connectivity index (χ1v) is 10.0. The average Bonchev–Trinajstić information content (AvgIpc) is 2.75. The van der Waals surface area contributed by atoms with E-state index in [0.29, 0.717) is 25.8 Å². The fourth-order valence-corrected chi connectivity index (χ4v) is 3.92. The zero-order valence-corrected chi connectivity index (χ0v) is 16.2. The molecule has 0 aromatic heterocycles. The first-order valence-electron chi connectivity index (χ1n) is 10.0. The third-order valence-corrected chi connectivity index (χ3v) is 5.58. The van der Waals surface area contributed by atoms with Crippen LogP contribution in [0.25, 0.3) is 10.8 Å². The monoisotopic (exact) mass is 387 g/mol. The van der Waals surface area contributed by atoms with Crippen LogP contribution in [0.5, 0.6) is 0 Å². The molecule has 1 aliphatic rings. The fraction of sp³-hybridized carbons (Fsp3) is 0.250. The van der Waals surface area contributed by atoms with Crippen LogP contribution in [0.3, 0.4) is 0 Å². The van der Waals surface area contributed by atoms with Crippen LogP contribution in [-0.4, -0.2) is 18.4 Å². The van der Waals surface area contributed by atoms with E-state index in [1.807, 2.05) is 54.6 Å². The first-order chi connectivity index (χ1) is 14.1. The highest BCUT2D eigenvalue weighted by Crippen LogP contribution is 2.27. The number of carbonyl (C=O) groups excluding carboxylic acids is 2. The molecule has 2 amide bonds. The van der Waals surface area contributed by atoms with Crippen LogP contribution in [0.2, 0.25) is 0 Å². The second-order valence-electron chi connectivity index (χ2n) is 7.55. The highest BCUT2D eigenvalue weighted by molar-refractivity contribution is 5.96. The third-order valence-electron chi connectivity index (χ3n) is 5.58. The molecule has 0 saturated heterocycles. The maximum atomic E-state index is 12.5. The molecular weight excluding hydrogens is 362 g/mol. The Bertz CT molecular complexity index is 1050. The van der Waals surface area contributed by atoms with E-state index in [1.165, 1.54) is 0 Å². The Kier molecular flexibility index (Phi) is 5.58. The van der Waals surface area contributed by atoms with Crippen LogP contribution in [0, 0.1) is 5.92 Å². The van der Waals surface area contributed by atoms with Crippen molar-refractivity contribution in [2.24, 2.45) is 11.7 Å². The molecule has 4 N–H and O–H groups in total. The van der Waals surface area contributed by atoms with E-state index in [4.69, 9.17) is 5.73 Å². The summed E-state index contributed by atoms with van der Waals surface area (Å²) in [6.07, 6.45) is 1.48. The number of nitrogens with one attached hydrogen (secondary N) is 2. The quantitative estimate of drug-likeness (QED) is 0.605. The van der Waals surface area contributed by atoms with E-state index >= 15 is 0 Å². The van der Waals surface area contributed by atoms with E-state index in [0.717, 1.165) is 27.6 Å². The van der Waals surface area contributed by atoms with Gasteiger partial charge in [0.1, 0.15) is 0 Å². The van der Waals surface area contributed by atoms with Crippen molar-refractivity contribution in [2.45, 2.75) is 25.3 Å². The Hall–Kier alpha value is -3.18. The summed E-state index contributed by atoms with van der Waals surface area (Å²) in [6, 6.07) is 21.8. The van der Waals surface area contributed by atoms with Crippen LogP contribution < -0.4 is 16.4 Å². The standard InChI is InChI=1S/C24H25N3O2/c25-15-22(19-10-9-16-5-1-2-6-17(16)13-19)26-23(28)12-11-20-14-18-7-3-4-8-21(18)27-24(20)29/h1-10,13,20,22H,11-12,14-15,25H2,(H,26,28)(H,27,29). The lowest BCUT2D eigenvalue weighted by Crippen LogP contribution is -2.35. The van der Waals surface area contributed by atoms with Gasteiger partial charge in [-0.1, -0.05) is 54.6 Å². The number of nitrogens with two attached hydrogens (primary N) is 1. The predicted molar refractivity (Wildman–Crippen MR) is 115 cm³/mol. The van der Waals surface area contributed by atoms with Crippen molar-refractivity contribution in [2.75, 3.05) is 11.9 Å². The molecule has 3 aromatic carbocycles. The molecule has 1 aliphatic heterocycles. The molecule has 0 bridgehead atoms. The number of carbonyl (C=O) groups is 2. The van der Waals surface area contributed by atoms with Crippen LogP contribution in [0.1, 0.15) is 30.0 Å². The summed E-state index contributed by atoms with van der Waals surface area (Å²) in [7, 11) is 0. The Balaban J connectivity index is 1.37. The van der Waals surface area contributed by atoms with Crippen LogP contribution in [0.15, 0.2) is 66.7 Å². The summed E-state index contributed by atoms with van der Waals surface area (Å²) < 4.78 is 0. The summed E-state index contributed by atoms with van der Waals surface area (Å²) in [5, 5.41) is 8.24. The predicted octanol–water partition coefficient (Wildman–Crippen LogP) is 3.55. The van der Waals surface area contributed by atoms with Gasteiger partial charge in [0.15, 0.2) is 0 Å². The van der Waals surface area contributed by atoms with E-state index in [2.05, 4.69) is 22.8 Å². The Morgan fingerprint density at radius 1 is 1.07 bits per heavy atom. The summed E-state index contributed by atoms with van der Waals surface area (Å²) in [5.41, 5.74) is 8.91. The number of benzene rings is 3. The summed E-state index contributed by atoms with van der Waals surface area (Å²) in [6.45, 7) is 0.321. The van der Waals surface area contributed by atoms with Gasteiger partial charge in [0.05, 0.1) is 6.04 Å². The molecule has 0 spiro atoms. The number of para-hydroxylation sites is 1. The van der Waals surface area contributed by atoms with E-state index in [1.54, 1.807) is 0 Å². The van der Waals surface area contributed by atoms with Gasteiger partial charge in [-0.3, -0.25) is 9.59 Å². The van der Waals surface area contributed by atoms with Crippen molar-refractivity contribution in [3.63, 3.8) is 0 Å². The smallest absolute Gasteiger partial charge is 0.227 e. The van der Waals surface area contributed by atoms with Crippen LogP contribution >= 0.6 is 0 Å². The van der Waals surface area contributed by atoms with Crippen molar-refractivity contribution < 1.29 is 9.59 Å². The minimum atomic E-state index is -0.243. The molecule has 0 radical (unpaired) electrons. The molecule has 0 fully saturated rings. The van der Waals surface area contributed by atoms with Gasteiger partial charge in [-0.2, -0.15) is 0 Å². The van der Waals surface area contributed by atoms with Crippen molar-refractivity contribution in [3.8, 4) is 0 Å². The van der Waals surface area contributed by atoms with Gasteiger partial charge in [-0.15, -0.1) is 0 Å². The van der Waals surface area contributed by atoms with Gasteiger partial charge in [0.25, 0.3) is 0 Å². The Labute approximate surface area is 170 Å². The largest absolute Gasteiger partial charge is 0.348 e. The van der Waals surface area contributed by atoms with Crippen LogP contribution in [0.4, 0.5) is 5.69 Å². The number of hydrogen-bond acceptors (Lipinski definition) is 3. The molecule has 29 heavy (non-hydrogen) atoms. The molecule has 3 aromatic rings. The normalized spacial score (nSPS) is 16.7. The fourth-order valence-electron chi connectivity index (χ4n) is 3.92. The van der Waals surface area contributed by atoms with Gasteiger partial charge in [-0.05, 0) is 46.9 Å². The molecule has 5 nitrogen and oxygen atoms in total. The van der Waals surface area contributed by atoms with Gasteiger partial charge >= 0.3 is 0 Å². The molecule has 2 unspecified atom stereocenters. The van der Waals surface area contributed by atoms with Crippen molar-refractivity contribution in [3.05, 3.63) is 77.9 Å². The van der Waals surface area contributed by atoms with Crippen LogP contribution in [-0.2, 0) is 16.0 Å². The second kappa shape index (κ2) is 8.45. The number of fused-ring (bicyclic) bond motifs is 2. The summed E-state index contributed by atoms with van der Waals surface area (Å²) in [4.78, 5) is 24.9. The Morgan fingerprint density at radius 2 is 1.83 bits per heavy atom. The summed E-state index contributed by atoms with van der Waals surface area (Å²) in [5.74, 6) is -0.283. The van der Waals surface area contributed by atoms with Gasteiger partial charge in [0, 0.05) is 24.6 Å². The highest BCUT2D eigenvalue weighted by atomic mass is 16.2. The SMILES string of the molecule is NCC(NC(=O)CCC1Cc2ccccc2NC1=O)c1ccc2ccccc2c1. The third kappa shape index (κ3) is 4.30. The minimum Gasteiger partial charge on any atom is -0.348 e. The molecule has 0 saturated carbocycles. The maximum Gasteiger partial charge on any atom is 0.227 e. The molecule has 0 aliphatic carbocycles. The van der Waals surface area contributed by atoms with Gasteiger partial charge in [0.2, 0.25) is 11.8 Å². The minimum absolute atomic E-state index is 0.0126. The molecular formula is C24H25N3O2. The number of anilines is 1.